The summed E-state index contributed by atoms with van der Waals surface area (Å²) in [5.41, 5.74) is 8.82. The minimum absolute atomic E-state index is 0.419. The second-order valence-corrected chi connectivity index (χ2v) is 4.99. The Balaban J connectivity index is 2.33. The van der Waals surface area contributed by atoms with Crippen molar-refractivity contribution in [2.45, 2.75) is 33.2 Å². The van der Waals surface area contributed by atoms with E-state index in [9.17, 15) is 0 Å². The molecule has 0 radical (unpaired) electrons. The van der Waals surface area contributed by atoms with Gasteiger partial charge in [0.05, 0.1) is 5.69 Å². The van der Waals surface area contributed by atoms with E-state index in [1.54, 1.807) is 6.20 Å². The molecule has 19 heavy (non-hydrogen) atoms. The van der Waals surface area contributed by atoms with Gasteiger partial charge >= 0.3 is 0 Å². The van der Waals surface area contributed by atoms with Gasteiger partial charge in [0.1, 0.15) is 11.5 Å². The summed E-state index contributed by atoms with van der Waals surface area (Å²) in [6.45, 7) is 6.81. The molecule has 1 heterocycles. The highest BCUT2D eigenvalue weighted by molar-refractivity contribution is 5.42. The average Bonchev–Trinajstić information content (AvgIpc) is 2.38. The van der Waals surface area contributed by atoms with Gasteiger partial charge in [-0.05, 0) is 36.1 Å². The number of aromatic nitrogens is 1. The molecule has 2 rings (SSSR count). The molecule has 2 aromatic rings. The quantitative estimate of drug-likeness (QED) is 0.906. The normalized spacial score (nSPS) is 10.8. The highest BCUT2D eigenvalue weighted by atomic mass is 16.5. The van der Waals surface area contributed by atoms with Crippen molar-refractivity contribution in [3.05, 3.63) is 53.3 Å². The summed E-state index contributed by atoms with van der Waals surface area (Å²) in [5.74, 6) is 2.11. The minimum atomic E-state index is 0.419. The van der Waals surface area contributed by atoms with Gasteiger partial charge < -0.3 is 10.5 Å². The molecule has 1 aromatic heterocycles. The van der Waals surface area contributed by atoms with Crippen LogP contribution in [0.15, 0.2) is 36.5 Å². The summed E-state index contributed by atoms with van der Waals surface area (Å²) in [5, 5.41) is 0. The Kier molecular flexibility index (Phi) is 4.17. The molecule has 0 aliphatic heterocycles. The standard InChI is InChI=1S/C16H20N2O/c1-11(2)15-5-4-12(3)8-16(15)19-14-6-7-18-13(9-14)10-17/h4-9,11H,10,17H2,1-3H3. The number of hydrogen-bond acceptors (Lipinski definition) is 3. The van der Waals surface area contributed by atoms with Crippen LogP contribution >= 0.6 is 0 Å². The Morgan fingerprint density at radius 3 is 2.68 bits per heavy atom. The van der Waals surface area contributed by atoms with Crippen LogP contribution in [0.1, 0.15) is 36.6 Å². The summed E-state index contributed by atoms with van der Waals surface area (Å²) < 4.78 is 6.00. The number of ether oxygens (including phenoxy) is 1. The van der Waals surface area contributed by atoms with Crippen LogP contribution in [0.3, 0.4) is 0 Å². The molecular formula is C16H20N2O. The van der Waals surface area contributed by atoms with Crippen LogP contribution in [0, 0.1) is 6.92 Å². The molecule has 3 heteroatoms. The molecule has 0 amide bonds. The first-order chi connectivity index (χ1) is 9.10. The van der Waals surface area contributed by atoms with E-state index in [4.69, 9.17) is 10.5 Å². The van der Waals surface area contributed by atoms with Gasteiger partial charge in [-0.15, -0.1) is 0 Å². The zero-order valence-corrected chi connectivity index (χ0v) is 11.7. The number of aryl methyl sites for hydroxylation is 1. The van der Waals surface area contributed by atoms with E-state index in [2.05, 4.69) is 44.0 Å². The molecular weight excluding hydrogens is 236 g/mol. The zero-order valence-electron chi connectivity index (χ0n) is 11.7. The van der Waals surface area contributed by atoms with Crippen molar-refractivity contribution in [1.29, 1.82) is 0 Å². The third-order valence-corrected chi connectivity index (χ3v) is 3.02. The molecule has 0 spiro atoms. The molecule has 0 saturated carbocycles. The lowest BCUT2D eigenvalue weighted by atomic mass is 10.0. The van der Waals surface area contributed by atoms with E-state index in [1.165, 1.54) is 11.1 Å². The molecule has 0 fully saturated rings. The molecule has 0 atom stereocenters. The van der Waals surface area contributed by atoms with Crippen LogP contribution in [-0.2, 0) is 6.54 Å². The highest BCUT2D eigenvalue weighted by Crippen LogP contribution is 2.31. The Morgan fingerprint density at radius 2 is 2.00 bits per heavy atom. The summed E-state index contributed by atoms with van der Waals surface area (Å²) in [6, 6.07) is 10.0. The zero-order chi connectivity index (χ0) is 13.8. The topological polar surface area (TPSA) is 48.1 Å². The van der Waals surface area contributed by atoms with Crippen molar-refractivity contribution in [3.63, 3.8) is 0 Å². The van der Waals surface area contributed by atoms with Crippen LogP contribution in [-0.4, -0.2) is 4.98 Å². The van der Waals surface area contributed by atoms with Crippen molar-refractivity contribution in [2.75, 3.05) is 0 Å². The van der Waals surface area contributed by atoms with E-state index in [-0.39, 0.29) is 0 Å². The van der Waals surface area contributed by atoms with Gasteiger partial charge in [-0.25, -0.2) is 0 Å². The van der Waals surface area contributed by atoms with E-state index in [1.807, 2.05) is 12.1 Å². The molecule has 1 aromatic carbocycles. The van der Waals surface area contributed by atoms with E-state index < -0.39 is 0 Å². The van der Waals surface area contributed by atoms with E-state index in [0.29, 0.717) is 12.5 Å². The second-order valence-electron chi connectivity index (χ2n) is 4.99. The summed E-state index contributed by atoms with van der Waals surface area (Å²) >= 11 is 0. The van der Waals surface area contributed by atoms with Gasteiger partial charge in [0.25, 0.3) is 0 Å². The predicted octanol–water partition coefficient (Wildman–Crippen LogP) is 3.76. The summed E-state index contributed by atoms with van der Waals surface area (Å²) in [4.78, 5) is 4.17. The van der Waals surface area contributed by atoms with Gasteiger partial charge in [0.15, 0.2) is 0 Å². The third-order valence-electron chi connectivity index (χ3n) is 3.02. The first-order valence-corrected chi connectivity index (χ1v) is 6.53. The maximum Gasteiger partial charge on any atom is 0.131 e. The largest absolute Gasteiger partial charge is 0.457 e. The summed E-state index contributed by atoms with van der Waals surface area (Å²) in [6.07, 6.45) is 1.72. The number of rotatable bonds is 4. The minimum Gasteiger partial charge on any atom is -0.457 e. The van der Waals surface area contributed by atoms with Crippen LogP contribution in [0.4, 0.5) is 0 Å². The molecule has 3 nitrogen and oxygen atoms in total. The fraction of sp³-hybridized carbons (Fsp3) is 0.312. The van der Waals surface area contributed by atoms with Gasteiger partial charge in [-0.1, -0.05) is 26.0 Å². The monoisotopic (exact) mass is 256 g/mol. The predicted molar refractivity (Wildman–Crippen MR) is 77.5 cm³/mol. The first kappa shape index (κ1) is 13.6. The first-order valence-electron chi connectivity index (χ1n) is 6.53. The molecule has 2 N–H and O–H groups in total. The highest BCUT2D eigenvalue weighted by Gasteiger charge is 2.09. The Morgan fingerprint density at radius 1 is 1.21 bits per heavy atom. The van der Waals surface area contributed by atoms with Crippen LogP contribution in [0.2, 0.25) is 0 Å². The average molecular weight is 256 g/mol. The van der Waals surface area contributed by atoms with Crippen molar-refractivity contribution < 1.29 is 4.74 Å². The maximum atomic E-state index is 6.00. The Hall–Kier alpha value is -1.87. The van der Waals surface area contributed by atoms with E-state index >= 15 is 0 Å². The van der Waals surface area contributed by atoms with Crippen LogP contribution < -0.4 is 10.5 Å². The number of benzene rings is 1. The van der Waals surface area contributed by atoms with E-state index in [0.717, 1.165) is 17.2 Å². The smallest absolute Gasteiger partial charge is 0.131 e. The molecule has 0 saturated heterocycles. The third kappa shape index (κ3) is 3.32. The Labute approximate surface area is 114 Å². The van der Waals surface area contributed by atoms with Crippen molar-refractivity contribution in [1.82, 2.24) is 4.98 Å². The number of hydrogen-bond donors (Lipinski definition) is 1. The lowest BCUT2D eigenvalue weighted by molar-refractivity contribution is 0.471. The molecule has 0 aliphatic rings. The number of pyridine rings is 1. The molecule has 0 aliphatic carbocycles. The molecule has 0 bridgehead atoms. The van der Waals surface area contributed by atoms with Gasteiger partial charge in [-0.3, -0.25) is 4.98 Å². The molecule has 0 unspecified atom stereocenters. The SMILES string of the molecule is Cc1ccc(C(C)C)c(Oc2ccnc(CN)c2)c1. The summed E-state index contributed by atoms with van der Waals surface area (Å²) in [7, 11) is 0. The van der Waals surface area contributed by atoms with Crippen LogP contribution in [0.25, 0.3) is 0 Å². The van der Waals surface area contributed by atoms with Gasteiger partial charge in [0, 0.05) is 18.8 Å². The lowest BCUT2D eigenvalue weighted by Crippen LogP contribution is -2.00. The second kappa shape index (κ2) is 5.85. The maximum absolute atomic E-state index is 6.00. The van der Waals surface area contributed by atoms with Gasteiger partial charge in [0.2, 0.25) is 0 Å². The van der Waals surface area contributed by atoms with Crippen molar-refractivity contribution in [2.24, 2.45) is 5.73 Å². The van der Waals surface area contributed by atoms with Gasteiger partial charge in [-0.2, -0.15) is 0 Å². The number of nitrogens with two attached hydrogens (primary N) is 1. The fourth-order valence-electron chi connectivity index (χ4n) is 1.97. The van der Waals surface area contributed by atoms with Crippen LogP contribution in [0.5, 0.6) is 11.5 Å². The van der Waals surface area contributed by atoms with Crippen molar-refractivity contribution in [3.8, 4) is 11.5 Å². The number of nitrogens with zero attached hydrogens (tertiary/aromatic N) is 1. The van der Waals surface area contributed by atoms with Crippen molar-refractivity contribution >= 4 is 0 Å². The lowest BCUT2D eigenvalue weighted by Gasteiger charge is -2.14. The molecule has 100 valence electrons. The fourth-order valence-corrected chi connectivity index (χ4v) is 1.97. The Bertz CT molecular complexity index is 564.